The SMILES string of the molecule is CC(=O)NC1CCN(C(=O)C2CCN(S(=O)(=O)c3ccc4c(c3)CCCC4)CC2)CC1. The maximum Gasteiger partial charge on any atom is 0.243 e. The monoisotopic (exact) mass is 447 g/mol. The topological polar surface area (TPSA) is 86.8 Å². The van der Waals surface area contributed by atoms with Gasteiger partial charge in [-0.05, 0) is 74.6 Å². The van der Waals surface area contributed by atoms with Crippen LogP contribution < -0.4 is 5.32 Å². The number of piperidine rings is 2. The highest BCUT2D eigenvalue weighted by Gasteiger charge is 2.35. The van der Waals surface area contributed by atoms with Gasteiger partial charge in [-0.1, -0.05) is 6.07 Å². The molecule has 1 N–H and O–H groups in total. The Hall–Kier alpha value is -1.93. The summed E-state index contributed by atoms with van der Waals surface area (Å²) in [5, 5.41) is 2.93. The smallest absolute Gasteiger partial charge is 0.243 e. The van der Waals surface area contributed by atoms with Crippen LogP contribution in [-0.2, 0) is 32.5 Å². The largest absolute Gasteiger partial charge is 0.353 e. The minimum absolute atomic E-state index is 0.0303. The lowest BCUT2D eigenvalue weighted by Gasteiger charge is -2.37. The van der Waals surface area contributed by atoms with Gasteiger partial charge in [-0.25, -0.2) is 8.42 Å². The number of amides is 2. The van der Waals surface area contributed by atoms with Crippen molar-refractivity contribution >= 4 is 21.8 Å². The fraction of sp³-hybridized carbons (Fsp3) is 0.652. The van der Waals surface area contributed by atoms with Crippen molar-refractivity contribution in [1.82, 2.24) is 14.5 Å². The predicted octanol–water partition coefficient (Wildman–Crippen LogP) is 2.09. The third-order valence-corrected chi connectivity index (χ3v) is 8.87. The number of benzene rings is 1. The van der Waals surface area contributed by atoms with Crippen molar-refractivity contribution < 1.29 is 18.0 Å². The van der Waals surface area contributed by atoms with Gasteiger partial charge < -0.3 is 10.2 Å². The van der Waals surface area contributed by atoms with Crippen LogP contribution >= 0.6 is 0 Å². The Morgan fingerprint density at radius 1 is 0.935 bits per heavy atom. The average molecular weight is 448 g/mol. The van der Waals surface area contributed by atoms with E-state index in [1.165, 1.54) is 24.5 Å². The van der Waals surface area contributed by atoms with Gasteiger partial charge in [0, 0.05) is 45.1 Å². The van der Waals surface area contributed by atoms with E-state index in [0.29, 0.717) is 43.9 Å². The van der Waals surface area contributed by atoms with Gasteiger partial charge in [0.15, 0.2) is 0 Å². The van der Waals surface area contributed by atoms with Crippen LogP contribution in [0.4, 0.5) is 0 Å². The zero-order valence-corrected chi connectivity index (χ0v) is 19.1. The number of likely N-dealkylation sites (tertiary alicyclic amines) is 1. The van der Waals surface area contributed by atoms with Crippen molar-refractivity contribution in [3.63, 3.8) is 0 Å². The second-order valence-corrected chi connectivity index (χ2v) is 11.1. The molecular weight excluding hydrogens is 414 g/mol. The molecule has 2 aliphatic heterocycles. The lowest BCUT2D eigenvalue weighted by Crippen LogP contribution is -2.49. The molecule has 1 aliphatic carbocycles. The molecule has 0 bridgehead atoms. The fourth-order valence-electron chi connectivity index (χ4n) is 5.15. The second kappa shape index (κ2) is 9.28. The Kier molecular flexibility index (Phi) is 6.67. The minimum Gasteiger partial charge on any atom is -0.353 e. The second-order valence-electron chi connectivity index (χ2n) is 9.12. The number of hydrogen-bond acceptors (Lipinski definition) is 4. The highest BCUT2D eigenvalue weighted by atomic mass is 32.2. The Morgan fingerprint density at radius 2 is 1.58 bits per heavy atom. The first-order chi connectivity index (χ1) is 14.8. The van der Waals surface area contributed by atoms with Gasteiger partial charge in [-0.15, -0.1) is 0 Å². The van der Waals surface area contributed by atoms with E-state index in [1.807, 2.05) is 17.0 Å². The summed E-state index contributed by atoms with van der Waals surface area (Å²) in [4.78, 5) is 26.4. The van der Waals surface area contributed by atoms with Crippen LogP contribution in [0.1, 0.15) is 56.6 Å². The van der Waals surface area contributed by atoms with E-state index >= 15 is 0 Å². The summed E-state index contributed by atoms with van der Waals surface area (Å²) in [6.07, 6.45) is 6.95. The van der Waals surface area contributed by atoms with E-state index in [2.05, 4.69) is 5.32 Å². The van der Waals surface area contributed by atoms with Gasteiger partial charge in [0.1, 0.15) is 0 Å². The lowest BCUT2D eigenvalue weighted by atomic mass is 9.92. The van der Waals surface area contributed by atoms with Gasteiger partial charge in [0.2, 0.25) is 21.8 Å². The zero-order chi connectivity index (χ0) is 22.0. The van der Waals surface area contributed by atoms with Crippen molar-refractivity contribution in [2.75, 3.05) is 26.2 Å². The molecule has 1 aromatic carbocycles. The normalized spacial score (nSPS) is 21.5. The quantitative estimate of drug-likeness (QED) is 0.766. The number of hydrogen-bond donors (Lipinski definition) is 1. The predicted molar refractivity (Wildman–Crippen MR) is 118 cm³/mol. The fourth-order valence-corrected chi connectivity index (χ4v) is 6.67. The number of nitrogens with zero attached hydrogens (tertiary/aromatic N) is 2. The molecule has 3 aliphatic rings. The van der Waals surface area contributed by atoms with Crippen LogP contribution in [0, 0.1) is 5.92 Å². The number of aryl methyl sites for hydroxylation is 2. The standard InChI is InChI=1S/C23H33N3O4S/c1-17(27)24-21-10-12-25(13-11-21)23(28)19-8-14-26(15-9-19)31(29,30)22-7-6-18-4-2-3-5-20(18)16-22/h6-7,16,19,21H,2-5,8-15H2,1H3,(H,24,27). The van der Waals surface area contributed by atoms with Crippen molar-refractivity contribution in [1.29, 1.82) is 0 Å². The molecule has 2 amide bonds. The van der Waals surface area contributed by atoms with E-state index in [0.717, 1.165) is 32.1 Å². The molecular formula is C23H33N3O4S. The van der Waals surface area contributed by atoms with Crippen molar-refractivity contribution in [3.8, 4) is 0 Å². The van der Waals surface area contributed by atoms with Crippen LogP contribution in [0.5, 0.6) is 0 Å². The molecule has 7 nitrogen and oxygen atoms in total. The molecule has 2 heterocycles. The van der Waals surface area contributed by atoms with Crippen molar-refractivity contribution in [2.24, 2.45) is 5.92 Å². The number of sulfonamides is 1. The first-order valence-corrected chi connectivity index (χ1v) is 13.0. The van der Waals surface area contributed by atoms with Crippen LogP contribution in [0.2, 0.25) is 0 Å². The first kappa shape index (κ1) is 22.3. The van der Waals surface area contributed by atoms with Gasteiger partial charge in [-0.2, -0.15) is 4.31 Å². The third kappa shape index (κ3) is 4.95. The highest BCUT2D eigenvalue weighted by molar-refractivity contribution is 7.89. The number of carbonyl (C=O) groups excluding carboxylic acids is 2. The van der Waals surface area contributed by atoms with Gasteiger partial charge >= 0.3 is 0 Å². The molecule has 8 heteroatoms. The molecule has 31 heavy (non-hydrogen) atoms. The summed E-state index contributed by atoms with van der Waals surface area (Å²) in [5.41, 5.74) is 2.44. The van der Waals surface area contributed by atoms with Crippen LogP contribution in [0.25, 0.3) is 0 Å². The molecule has 0 spiro atoms. The highest BCUT2D eigenvalue weighted by Crippen LogP contribution is 2.29. The lowest BCUT2D eigenvalue weighted by molar-refractivity contribution is -0.137. The Bertz CT molecular complexity index is 930. The molecule has 0 aromatic heterocycles. The van der Waals surface area contributed by atoms with Crippen LogP contribution in [0.3, 0.4) is 0 Å². The summed E-state index contributed by atoms with van der Waals surface area (Å²) in [7, 11) is -3.52. The van der Waals surface area contributed by atoms with E-state index in [-0.39, 0.29) is 23.8 Å². The van der Waals surface area contributed by atoms with E-state index in [9.17, 15) is 18.0 Å². The Labute approximate surface area is 185 Å². The summed E-state index contributed by atoms with van der Waals surface area (Å²) < 4.78 is 27.9. The van der Waals surface area contributed by atoms with Crippen LogP contribution in [-0.4, -0.2) is 61.7 Å². The minimum atomic E-state index is -3.52. The van der Waals surface area contributed by atoms with Crippen molar-refractivity contribution in [2.45, 2.75) is 69.2 Å². The summed E-state index contributed by atoms with van der Waals surface area (Å²) in [6, 6.07) is 5.73. The average Bonchev–Trinajstić information content (AvgIpc) is 2.78. The number of nitrogens with one attached hydrogen (secondary N) is 1. The van der Waals surface area contributed by atoms with Gasteiger partial charge in [0.05, 0.1) is 4.90 Å². The summed E-state index contributed by atoms with van der Waals surface area (Å²) in [6.45, 7) is 3.59. The number of rotatable bonds is 4. The number of carbonyl (C=O) groups is 2. The number of fused-ring (bicyclic) bond motifs is 1. The first-order valence-electron chi connectivity index (χ1n) is 11.5. The maximum atomic E-state index is 13.2. The molecule has 2 saturated heterocycles. The molecule has 170 valence electrons. The summed E-state index contributed by atoms with van der Waals surface area (Å²) in [5.74, 6) is -0.0170. The van der Waals surface area contributed by atoms with Gasteiger partial charge in [0.25, 0.3) is 0 Å². The Morgan fingerprint density at radius 3 is 2.23 bits per heavy atom. The molecule has 0 unspecified atom stereocenters. The van der Waals surface area contributed by atoms with Crippen molar-refractivity contribution in [3.05, 3.63) is 29.3 Å². The van der Waals surface area contributed by atoms with E-state index < -0.39 is 10.0 Å². The third-order valence-electron chi connectivity index (χ3n) is 6.97. The summed E-state index contributed by atoms with van der Waals surface area (Å²) >= 11 is 0. The molecule has 2 fully saturated rings. The Balaban J connectivity index is 1.33. The van der Waals surface area contributed by atoms with Gasteiger partial charge in [-0.3, -0.25) is 9.59 Å². The molecule has 1 aromatic rings. The van der Waals surface area contributed by atoms with E-state index in [4.69, 9.17) is 0 Å². The molecule has 0 saturated carbocycles. The van der Waals surface area contributed by atoms with E-state index in [1.54, 1.807) is 10.4 Å². The van der Waals surface area contributed by atoms with Crippen LogP contribution in [0.15, 0.2) is 23.1 Å². The molecule has 4 rings (SSSR count). The zero-order valence-electron chi connectivity index (χ0n) is 18.3. The molecule has 0 radical (unpaired) electrons. The molecule has 0 atom stereocenters. The maximum absolute atomic E-state index is 13.2.